The number of fused-ring (bicyclic) bond motifs is 1. The second-order valence-corrected chi connectivity index (χ2v) is 4.28. The smallest absolute Gasteiger partial charge is 0.241 e. The van der Waals surface area contributed by atoms with Gasteiger partial charge in [-0.15, -0.1) is 6.58 Å². The molecule has 1 N–H and O–H groups in total. The number of carbonyl (C=O) groups excluding carboxylic acids is 2. The normalized spacial score (nSPS) is 19.1. The van der Waals surface area contributed by atoms with Gasteiger partial charge in [-0.25, -0.2) is 0 Å². The number of carbonyl (C=O) groups is 2. The molecule has 1 aliphatic rings. The van der Waals surface area contributed by atoms with E-state index in [2.05, 4.69) is 11.9 Å². The molecule has 18 heavy (non-hydrogen) atoms. The zero-order valence-corrected chi connectivity index (χ0v) is 10.3. The zero-order chi connectivity index (χ0) is 13.1. The summed E-state index contributed by atoms with van der Waals surface area (Å²) < 4.78 is 0. The molecule has 0 saturated heterocycles. The molecule has 94 valence electrons. The van der Waals surface area contributed by atoms with E-state index in [9.17, 15) is 9.59 Å². The summed E-state index contributed by atoms with van der Waals surface area (Å²) in [5.74, 6) is -0.0400. The lowest BCUT2D eigenvalue weighted by atomic mass is 10.0. The highest BCUT2D eigenvalue weighted by molar-refractivity contribution is 5.99. The summed E-state index contributed by atoms with van der Waals surface area (Å²) in [5, 5.41) is 3.00. The van der Waals surface area contributed by atoms with Crippen LogP contribution in [0.3, 0.4) is 0 Å². The molecule has 0 aromatic heterocycles. The molecular weight excluding hydrogens is 228 g/mol. The number of nitrogens with zero attached hydrogens (tertiary/aromatic N) is 1. The van der Waals surface area contributed by atoms with Crippen LogP contribution >= 0.6 is 0 Å². The Labute approximate surface area is 106 Å². The summed E-state index contributed by atoms with van der Waals surface area (Å²) >= 11 is 0. The average molecular weight is 244 g/mol. The number of benzene rings is 1. The lowest BCUT2D eigenvalue weighted by Gasteiger charge is -2.21. The second-order valence-electron chi connectivity index (χ2n) is 4.28. The van der Waals surface area contributed by atoms with Gasteiger partial charge in [-0.3, -0.25) is 14.9 Å². The van der Waals surface area contributed by atoms with E-state index in [1.807, 2.05) is 24.3 Å². The molecular formula is C14H16N2O2. The number of rotatable bonds is 3. The quantitative estimate of drug-likeness (QED) is 0.818. The van der Waals surface area contributed by atoms with Crippen LogP contribution in [0.1, 0.15) is 18.5 Å². The molecule has 1 aromatic carbocycles. The molecule has 4 heteroatoms. The minimum atomic E-state index is -0.417. The predicted octanol–water partition coefficient (Wildman–Crippen LogP) is 1.44. The van der Waals surface area contributed by atoms with Gasteiger partial charge in [-0.2, -0.15) is 0 Å². The van der Waals surface area contributed by atoms with Gasteiger partial charge in [0.05, 0.1) is 12.6 Å². The van der Waals surface area contributed by atoms with E-state index in [1.54, 1.807) is 11.0 Å². The summed E-state index contributed by atoms with van der Waals surface area (Å²) in [6.45, 7) is 5.80. The Bertz CT molecular complexity index is 496. The van der Waals surface area contributed by atoms with Gasteiger partial charge in [-0.1, -0.05) is 24.3 Å². The fourth-order valence-electron chi connectivity index (χ4n) is 2.20. The minimum absolute atomic E-state index is 0.00991. The summed E-state index contributed by atoms with van der Waals surface area (Å²) in [5.41, 5.74) is 1.63. The van der Waals surface area contributed by atoms with E-state index in [-0.39, 0.29) is 18.2 Å². The van der Waals surface area contributed by atoms with Crippen molar-refractivity contribution in [2.45, 2.75) is 13.0 Å². The van der Waals surface area contributed by atoms with E-state index in [0.717, 1.165) is 11.3 Å². The highest BCUT2D eigenvalue weighted by Gasteiger charge is 2.28. The van der Waals surface area contributed by atoms with Gasteiger partial charge in [0.25, 0.3) is 0 Å². The number of Topliss-reactive ketones (excluding diaryl/α,β-unsaturated/α-hetero) is 1. The van der Waals surface area contributed by atoms with Crippen LogP contribution in [0.2, 0.25) is 0 Å². The molecule has 4 nitrogen and oxygen atoms in total. The zero-order valence-electron chi connectivity index (χ0n) is 10.3. The number of hydrogen-bond acceptors (Lipinski definition) is 3. The van der Waals surface area contributed by atoms with Gasteiger partial charge in [0, 0.05) is 17.8 Å². The Morgan fingerprint density at radius 3 is 2.94 bits per heavy atom. The van der Waals surface area contributed by atoms with Crippen molar-refractivity contribution in [2.75, 3.05) is 18.0 Å². The lowest BCUT2D eigenvalue weighted by molar-refractivity contribution is -0.119. The Balaban J connectivity index is 2.52. The van der Waals surface area contributed by atoms with Crippen LogP contribution in [0, 0.1) is 0 Å². The summed E-state index contributed by atoms with van der Waals surface area (Å²) in [7, 11) is 0. The maximum atomic E-state index is 12.0. The number of hydrogen-bond donors (Lipinski definition) is 1. The summed E-state index contributed by atoms with van der Waals surface area (Å²) in [6.07, 6.45) is 1.68. The molecule has 0 saturated carbocycles. The standard InChI is InChI=1S/C14H16N2O2/c1-3-8-16-12-7-5-4-6-11(12)14(10(2)17)15-9-13(16)18/h3-7,14-15H,1,8-9H2,2H3. The lowest BCUT2D eigenvalue weighted by Crippen LogP contribution is -2.36. The first-order valence-electron chi connectivity index (χ1n) is 5.89. The first kappa shape index (κ1) is 12.5. The van der Waals surface area contributed by atoms with Gasteiger partial charge in [0.1, 0.15) is 0 Å². The van der Waals surface area contributed by atoms with Gasteiger partial charge >= 0.3 is 0 Å². The van der Waals surface area contributed by atoms with Crippen LogP contribution in [-0.4, -0.2) is 24.8 Å². The van der Waals surface area contributed by atoms with E-state index < -0.39 is 6.04 Å². The molecule has 1 aliphatic heterocycles. The van der Waals surface area contributed by atoms with Crippen LogP contribution in [0.5, 0.6) is 0 Å². The van der Waals surface area contributed by atoms with Crippen molar-refractivity contribution < 1.29 is 9.59 Å². The molecule has 1 aromatic rings. The molecule has 0 aliphatic carbocycles. The van der Waals surface area contributed by atoms with Crippen molar-refractivity contribution in [1.82, 2.24) is 5.32 Å². The largest absolute Gasteiger partial charge is 0.307 e. The topological polar surface area (TPSA) is 49.4 Å². The Morgan fingerprint density at radius 1 is 1.56 bits per heavy atom. The van der Waals surface area contributed by atoms with Crippen molar-refractivity contribution >= 4 is 17.4 Å². The number of nitrogens with one attached hydrogen (secondary N) is 1. The second kappa shape index (κ2) is 5.14. The molecule has 0 radical (unpaired) electrons. The molecule has 0 fully saturated rings. The summed E-state index contributed by atoms with van der Waals surface area (Å²) in [4.78, 5) is 25.4. The minimum Gasteiger partial charge on any atom is -0.307 e. The van der Waals surface area contributed by atoms with E-state index >= 15 is 0 Å². The first-order chi connectivity index (χ1) is 8.65. The van der Waals surface area contributed by atoms with E-state index in [1.165, 1.54) is 6.92 Å². The third-order valence-electron chi connectivity index (χ3n) is 3.02. The average Bonchev–Trinajstić information content (AvgIpc) is 2.49. The highest BCUT2D eigenvalue weighted by atomic mass is 16.2. The SMILES string of the molecule is C=CCN1C(=O)CNC(C(C)=O)c2ccccc21. The van der Waals surface area contributed by atoms with Crippen LogP contribution < -0.4 is 10.2 Å². The molecule has 2 rings (SSSR count). The number of para-hydroxylation sites is 1. The monoisotopic (exact) mass is 244 g/mol. The van der Waals surface area contributed by atoms with Gasteiger partial charge in [0.2, 0.25) is 5.91 Å². The predicted molar refractivity (Wildman–Crippen MR) is 70.4 cm³/mol. The van der Waals surface area contributed by atoms with Crippen molar-refractivity contribution in [3.8, 4) is 0 Å². The maximum Gasteiger partial charge on any atom is 0.241 e. The first-order valence-corrected chi connectivity index (χ1v) is 5.89. The Morgan fingerprint density at radius 2 is 2.28 bits per heavy atom. The van der Waals surface area contributed by atoms with Crippen molar-refractivity contribution in [1.29, 1.82) is 0 Å². The van der Waals surface area contributed by atoms with Gasteiger partial charge in [0.15, 0.2) is 5.78 Å². The van der Waals surface area contributed by atoms with E-state index in [4.69, 9.17) is 0 Å². The number of ketones is 1. The van der Waals surface area contributed by atoms with Crippen molar-refractivity contribution in [2.24, 2.45) is 0 Å². The van der Waals surface area contributed by atoms with Crippen LogP contribution in [0.4, 0.5) is 5.69 Å². The molecule has 1 unspecified atom stereocenters. The third kappa shape index (κ3) is 2.19. The number of amides is 1. The van der Waals surface area contributed by atoms with Gasteiger partial charge < -0.3 is 4.90 Å². The third-order valence-corrected chi connectivity index (χ3v) is 3.02. The fraction of sp³-hybridized carbons (Fsp3) is 0.286. The molecule has 1 atom stereocenters. The van der Waals surface area contributed by atoms with Gasteiger partial charge in [-0.05, 0) is 13.0 Å². The van der Waals surface area contributed by atoms with Crippen LogP contribution in [0.25, 0.3) is 0 Å². The Hall–Kier alpha value is -1.94. The van der Waals surface area contributed by atoms with Crippen LogP contribution in [0.15, 0.2) is 36.9 Å². The highest BCUT2D eigenvalue weighted by Crippen LogP contribution is 2.29. The van der Waals surface area contributed by atoms with Crippen molar-refractivity contribution in [3.63, 3.8) is 0 Å². The summed E-state index contributed by atoms with van der Waals surface area (Å²) in [6, 6.07) is 7.06. The van der Waals surface area contributed by atoms with E-state index in [0.29, 0.717) is 6.54 Å². The number of anilines is 1. The molecule has 1 heterocycles. The maximum absolute atomic E-state index is 12.0. The fourth-order valence-corrected chi connectivity index (χ4v) is 2.20. The van der Waals surface area contributed by atoms with Crippen molar-refractivity contribution in [3.05, 3.63) is 42.5 Å². The Kier molecular flexibility index (Phi) is 3.58. The molecule has 0 spiro atoms. The van der Waals surface area contributed by atoms with Crippen LogP contribution in [-0.2, 0) is 9.59 Å². The molecule has 0 bridgehead atoms. The molecule has 1 amide bonds.